The van der Waals surface area contributed by atoms with Crippen molar-refractivity contribution in [1.82, 2.24) is 0 Å². The Kier molecular flexibility index (Phi) is 5.29. The number of hydrogen-bond donors (Lipinski definition) is 1. The summed E-state index contributed by atoms with van der Waals surface area (Å²) in [4.78, 5) is 0. The largest absolute Gasteiger partial charge is 0.493 e. The lowest BCUT2D eigenvalue weighted by atomic mass is 10.0. The van der Waals surface area contributed by atoms with E-state index in [0.29, 0.717) is 13.2 Å². The van der Waals surface area contributed by atoms with Crippen LogP contribution < -0.4 is 9.47 Å². The summed E-state index contributed by atoms with van der Waals surface area (Å²) in [6, 6.07) is 3.96. The molecule has 96 valence electrons. The lowest BCUT2D eigenvalue weighted by Crippen LogP contribution is -2.05. The Morgan fingerprint density at radius 3 is 1.82 bits per heavy atom. The van der Waals surface area contributed by atoms with Crippen LogP contribution in [0.1, 0.15) is 44.9 Å². The summed E-state index contributed by atoms with van der Waals surface area (Å²) in [6.45, 7) is 8.85. The van der Waals surface area contributed by atoms with Gasteiger partial charge in [-0.2, -0.15) is 0 Å². The van der Waals surface area contributed by atoms with Crippen molar-refractivity contribution in [3.63, 3.8) is 0 Å². The van der Waals surface area contributed by atoms with Gasteiger partial charge in [0, 0.05) is 0 Å². The van der Waals surface area contributed by atoms with Crippen molar-refractivity contribution >= 4 is 0 Å². The van der Waals surface area contributed by atoms with Gasteiger partial charge in [-0.25, -0.2) is 0 Å². The van der Waals surface area contributed by atoms with E-state index in [9.17, 15) is 5.11 Å². The number of aliphatic hydroxyl groups excluding tert-OH is 1. The zero-order chi connectivity index (χ0) is 12.8. The first-order chi connectivity index (χ1) is 8.13. The molecule has 0 spiro atoms. The Hall–Kier alpha value is -1.22. The van der Waals surface area contributed by atoms with Gasteiger partial charge < -0.3 is 14.6 Å². The normalized spacial score (nSPS) is 12.3. The highest BCUT2D eigenvalue weighted by Crippen LogP contribution is 2.36. The molecular weight excluding hydrogens is 216 g/mol. The molecule has 0 radical (unpaired) electrons. The average molecular weight is 238 g/mol. The molecule has 0 fully saturated rings. The first kappa shape index (κ1) is 13.8. The van der Waals surface area contributed by atoms with Gasteiger partial charge in [-0.05, 0) is 44.9 Å². The Balaban J connectivity index is 3.27. The quantitative estimate of drug-likeness (QED) is 0.827. The molecule has 3 nitrogen and oxygen atoms in total. The van der Waals surface area contributed by atoms with E-state index < -0.39 is 6.10 Å². The number of ether oxygens (including phenoxy) is 2. The maximum absolute atomic E-state index is 9.84. The molecule has 0 bridgehead atoms. The third kappa shape index (κ3) is 3.37. The van der Waals surface area contributed by atoms with E-state index in [0.717, 1.165) is 29.0 Å². The summed E-state index contributed by atoms with van der Waals surface area (Å²) in [5.74, 6) is 1.45. The van der Waals surface area contributed by atoms with Gasteiger partial charge >= 0.3 is 0 Å². The predicted octanol–water partition coefficient (Wildman–Crippen LogP) is 3.10. The fraction of sp³-hybridized carbons (Fsp3) is 0.571. The number of aliphatic hydroxyl groups is 1. The monoisotopic (exact) mass is 238 g/mol. The number of benzene rings is 1. The van der Waals surface area contributed by atoms with Crippen molar-refractivity contribution < 1.29 is 14.6 Å². The molecular formula is C14H22O3. The molecule has 1 N–H and O–H groups in total. The van der Waals surface area contributed by atoms with Gasteiger partial charge in [0.25, 0.3) is 0 Å². The fourth-order valence-corrected chi connectivity index (χ4v) is 1.82. The lowest BCUT2D eigenvalue weighted by Gasteiger charge is -2.18. The molecule has 3 heteroatoms. The summed E-state index contributed by atoms with van der Waals surface area (Å²) in [5.41, 5.74) is 1.90. The van der Waals surface area contributed by atoms with Crippen LogP contribution in [-0.4, -0.2) is 18.3 Å². The second-order valence-electron chi connectivity index (χ2n) is 3.90. The minimum atomic E-state index is -0.594. The maximum Gasteiger partial charge on any atom is 0.129 e. The van der Waals surface area contributed by atoms with Gasteiger partial charge in [-0.3, -0.25) is 0 Å². The van der Waals surface area contributed by atoms with Gasteiger partial charge in [0.05, 0.1) is 24.9 Å². The Morgan fingerprint density at radius 2 is 1.53 bits per heavy atom. The van der Waals surface area contributed by atoms with Crippen LogP contribution in [0.3, 0.4) is 0 Å². The van der Waals surface area contributed by atoms with E-state index in [1.807, 2.05) is 26.0 Å². The summed E-state index contributed by atoms with van der Waals surface area (Å²) < 4.78 is 11.2. The smallest absolute Gasteiger partial charge is 0.129 e. The van der Waals surface area contributed by atoms with E-state index in [1.165, 1.54) is 0 Å². The van der Waals surface area contributed by atoms with Gasteiger partial charge in [-0.15, -0.1) is 0 Å². The third-order valence-corrected chi connectivity index (χ3v) is 2.59. The second-order valence-corrected chi connectivity index (χ2v) is 3.90. The summed E-state index contributed by atoms with van der Waals surface area (Å²) in [5, 5.41) is 9.84. The molecule has 0 aromatic heterocycles. The van der Waals surface area contributed by atoms with Crippen molar-refractivity contribution in [2.45, 2.75) is 40.2 Å². The maximum atomic E-state index is 9.84. The van der Waals surface area contributed by atoms with Crippen molar-refractivity contribution in [1.29, 1.82) is 0 Å². The molecule has 17 heavy (non-hydrogen) atoms. The molecule has 1 unspecified atom stereocenters. The van der Waals surface area contributed by atoms with Crippen LogP contribution in [0, 0.1) is 0 Å². The lowest BCUT2D eigenvalue weighted by molar-refractivity contribution is 0.184. The molecule has 1 atom stereocenters. The van der Waals surface area contributed by atoms with E-state index in [2.05, 4.69) is 6.92 Å². The first-order valence-electron chi connectivity index (χ1n) is 6.24. The van der Waals surface area contributed by atoms with Crippen LogP contribution in [0.5, 0.6) is 11.5 Å². The van der Waals surface area contributed by atoms with Crippen LogP contribution in [0.4, 0.5) is 0 Å². The van der Waals surface area contributed by atoms with Crippen molar-refractivity contribution in [3.8, 4) is 11.5 Å². The van der Waals surface area contributed by atoms with E-state index in [-0.39, 0.29) is 0 Å². The number of hydrogen-bond acceptors (Lipinski definition) is 3. The van der Waals surface area contributed by atoms with E-state index >= 15 is 0 Å². The standard InChI is InChI=1S/C14H22O3/c1-5-11-8-12(16-6-2)14(10(4)15)13(9-11)17-7-3/h8-10,15H,5-7H2,1-4H3. The van der Waals surface area contributed by atoms with Gasteiger partial charge in [0.2, 0.25) is 0 Å². The number of rotatable bonds is 6. The SMILES string of the molecule is CCOc1cc(CC)cc(OCC)c1C(C)O. The molecule has 1 aromatic carbocycles. The minimum Gasteiger partial charge on any atom is -0.493 e. The first-order valence-corrected chi connectivity index (χ1v) is 6.24. The Morgan fingerprint density at radius 1 is 1.06 bits per heavy atom. The molecule has 0 saturated heterocycles. The second kappa shape index (κ2) is 6.50. The Labute approximate surface area is 103 Å². The van der Waals surface area contributed by atoms with Crippen LogP contribution in [0.25, 0.3) is 0 Å². The highest BCUT2D eigenvalue weighted by Gasteiger charge is 2.17. The highest BCUT2D eigenvalue weighted by atomic mass is 16.5. The zero-order valence-electron chi connectivity index (χ0n) is 11.1. The molecule has 1 rings (SSSR count). The molecule has 0 aliphatic heterocycles. The summed E-state index contributed by atoms with van der Waals surface area (Å²) >= 11 is 0. The minimum absolute atomic E-state index is 0.582. The molecule has 0 aliphatic carbocycles. The van der Waals surface area contributed by atoms with Crippen LogP contribution in [-0.2, 0) is 6.42 Å². The third-order valence-electron chi connectivity index (χ3n) is 2.59. The predicted molar refractivity (Wildman–Crippen MR) is 68.8 cm³/mol. The van der Waals surface area contributed by atoms with E-state index in [1.54, 1.807) is 6.92 Å². The van der Waals surface area contributed by atoms with Crippen LogP contribution in [0.15, 0.2) is 12.1 Å². The van der Waals surface area contributed by atoms with Gasteiger partial charge in [0.15, 0.2) is 0 Å². The van der Waals surface area contributed by atoms with Crippen LogP contribution in [0.2, 0.25) is 0 Å². The summed E-state index contributed by atoms with van der Waals surface area (Å²) in [6.07, 6.45) is 0.323. The van der Waals surface area contributed by atoms with Crippen molar-refractivity contribution in [2.24, 2.45) is 0 Å². The molecule has 0 amide bonds. The van der Waals surface area contributed by atoms with Gasteiger partial charge in [-0.1, -0.05) is 6.92 Å². The topological polar surface area (TPSA) is 38.7 Å². The van der Waals surface area contributed by atoms with Crippen LogP contribution >= 0.6 is 0 Å². The van der Waals surface area contributed by atoms with Crippen molar-refractivity contribution in [2.75, 3.05) is 13.2 Å². The Bertz CT molecular complexity index is 331. The van der Waals surface area contributed by atoms with Crippen molar-refractivity contribution in [3.05, 3.63) is 23.3 Å². The fourth-order valence-electron chi connectivity index (χ4n) is 1.82. The van der Waals surface area contributed by atoms with E-state index in [4.69, 9.17) is 9.47 Å². The molecule has 0 saturated carbocycles. The molecule has 0 heterocycles. The average Bonchev–Trinajstić information content (AvgIpc) is 2.28. The number of aryl methyl sites for hydroxylation is 1. The molecule has 0 aliphatic rings. The zero-order valence-corrected chi connectivity index (χ0v) is 11.1. The highest BCUT2D eigenvalue weighted by molar-refractivity contribution is 5.49. The molecule has 1 aromatic rings. The van der Waals surface area contributed by atoms with Gasteiger partial charge in [0.1, 0.15) is 11.5 Å². The summed E-state index contributed by atoms with van der Waals surface area (Å²) in [7, 11) is 0.